The molecule has 10 rings (SSSR count). The van der Waals surface area contributed by atoms with E-state index in [1.807, 2.05) is 36.5 Å². The fraction of sp³-hybridized carbons (Fsp3) is 0.311. The second-order valence-electron chi connectivity index (χ2n) is 20.4. The Kier molecular flexibility index (Phi) is 13.2. The van der Waals surface area contributed by atoms with Crippen molar-refractivity contribution in [2.45, 2.75) is 117 Å². The number of nitrogens with zero attached hydrogens (tertiary/aromatic N) is 3. The summed E-state index contributed by atoms with van der Waals surface area (Å²) in [7, 11) is -1.69. The average molecular weight is 1060 g/mol. The first-order chi connectivity index (χ1) is 32.1. The molecule has 1 radical (unpaired) electrons. The first-order valence-corrected chi connectivity index (χ1v) is 27.4. The van der Waals surface area contributed by atoms with Crippen molar-refractivity contribution >= 4 is 24.3 Å². The number of aromatic nitrogens is 3. The van der Waals surface area contributed by atoms with E-state index in [1.54, 1.807) is 0 Å². The molecule has 339 valence electrons. The number of rotatable bonds is 9. The molecule has 1 fully saturated rings. The molecule has 2 aliphatic carbocycles. The molecule has 0 amide bonds. The van der Waals surface area contributed by atoms with Crippen molar-refractivity contribution in [1.82, 2.24) is 14.5 Å². The average Bonchev–Trinajstić information content (AvgIpc) is 3.83. The van der Waals surface area contributed by atoms with Gasteiger partial charge in [-0.3, -0.25) is 4.98 Å². The van der Waals surface area contributed by atoms with E-state index in [2.05, 4.69) is 186 Å². The summed E-state index contributed by atoms with van der Waals surface area (Å²) >= 11 is 0. The number of fused-ring (bicyclic) bond motifs is 4. The van der Waals surface area contributed by atoms with Crippen LogP contribution in [0.15, 0.2) is 140 Å². The molecule has 2 aliphatic rings. The topological polar surface area (TPSA) is 30.7 Å². The molecule has 2 aromatic heterocycles. The van der Waals surface area contributed by atoms with Gasteiger partial charge in [-0.1, -0.05) is 183 Å². The molecule has 1 saturated carbocycles. The first kappa shape index (κ1) is 44.6. The van der Waals surface area contributed by atoms with Crippen LogP contribution in [-0.4, -0.2) is 22.6 Å². The maximum atomic E-state index is 8.99. The van der Waals surface area contributed by atoms with Gasteiger partial charge in [-0.25, -0.2) is 0 Å². The van der Waals surface area contributed by atoms with Crippen molar-refractivity contribution in [3.8, 4) is 50.6 Å². The number of para-hydroxylation sites is 3. The van der Waals surface area contributed by atoms with Crippen molar-refractivity contribution in [3.63, 3.8) is 0 Å². The molecule has 0 N–H and O–H groups in total. The van der Waals surface area contributed by atoms with Crippen LogP contribution in [0.3, 0.4) is 0 Å². The SMILES string of the molecule is CC(C)c1cccc(C(C)C)c1-n1c(-c2[c-]cc3c(c2)-c2cc(-c4ccccc4)ccc2C3(C)C)nc2ccccc21.[2H]C([2H])(c1cc(-c2[c-]cccc2)ncc1[Si](C)(C)C)C1CCCCC1.[Ir]. The van der Waals surface area contributed by atoms with Crippen LogP contribution in [0.1, 0.15) is 116 Å². The first-order valence-electron chi connectivity index (χ1n) is 24.9. The van der Waals surface area contributed by atoms with E-state index < -0.39 is 14.4 Å². The quantitative estimate of drug-likeness (QED) is 0.107. The van der Waals surface area contributed by atoms with Gasteiger partial charge in [0.25, 0.3) is 0 Å². The second-order valence-corrected chi connectivity index (χ2v) is 25.4. The minimum atomic E-state index is -1.69. The van der Waals surface area contributed by atoms with Gasteiger partial charge in [0.2, 0.25) is 0 Å². The zero-order chi connectivity index (χ0) is 47.3. The molecule has 6 aromatic carbocycles. The van der Waals surface area contributed by atoms with E-state index in [1.165, 1.54) is 56.6 Å². The van der Waals surface area contributed by atoms with Crippen LogP contribution < -0.4 is 5.19 Å². The van der Waals surface area contributed by atoms with Gasteiger partial charge in [-0.15, -0.1) is 65.2 Å². The number of pyridine rings is 1. The summed E-state index contributed by atoms with van der Waals surface area (Å²) in [6.07, 6.45) is 6.18. The molecule has 8 aromatic rings. The molecule has 0 unspecified atom stereocenters. The van der Waals surface area contributed by atoms with Crippen LogP contribution in [0, 0.1) is 18.1 Å². The van der Waals surface area contributed by atoms with Crippen LogP contribution >= 0.6 is 0 Å². The molecule has 0 spiro atoms. The monoisotopic (exact) mass is 1060 g/mol. The Labute approximate surface area is 412 Å². The van der Waals surface area contributed by atoms with Crippen molar-refractivity contribution in [1.29, 1.82) is 0 Å². The molecule has 5 heteroatoms. The molecular formula is C61H65IrN3Si-2. The van der Waals surface area contributed by atoms with E-state index >= 15 is 0 Å². The van der Waals surface area contributed by atoms with Gasteiger partial charge in [-0.2, -0.15) is 0 Å². The Bertz CT molecular complexity index is 3020. The van der Waals surface area contributed by atoms with Crippen LogP contribution in [-0.2, 0) is 31.9 Å². The Morgan fingerprint density at radius 3 is 2.08 bits per heavy atom. The Morgan fingerprint density at radius 1 is 0.712 bits per heavy atom. The van der Waals surface area contributed by atoms with E-state index in [4.69, 9.17) is 7.73 Å². The summed E-state index contributed by atoms with van der Waals surface area (Å²) in [5, 5.41) is 1.16. The smallest absolute Gasteiger partial charge is 0.0798 e. The number of hydrogen-bond donors (Lipinski definition) is 0. The van der Waals surface area contributed by atoms with Crippen LogP contribution in [0.4, 0.5) is 0 Å². The van der Waals surface area contributed by atoms with E-state index in [-0.39, 0.29) is 31.4 Å². The minimum Gasteiger partial charge on any atom is -0.333 e. The molecule has 0 aliphatic heterocycles. The fourth-order valence-corrected chi connectivity index (χ4v) is 11.6. The van der Waals surface area contributed by atoms with Gasteiger partial charge in [-0.05, 0) is 92.0 Å². The summed E-state index contributed by atoms with van der Waals surface area (Å²) in [6, 6.07) is 54.2. The number of imidazole rings is 1. The van der Waals surface area contributed by atoms with Gasteiger partial charge >= 0.3 is 0 Å². The van der Waals surface area contributed by atoms with Gasteiger partial charge in [0.1, 0.15) is 0 Å². The molecule has 0 atom stereocenters. The summed E-state index contributed by atoms with van der Waals surface area (Å²) in [5.74, 6) is 1.81. The summed E-state index contributed by atoms with van der Waals surface area (Å²) in [4.78, 5) is 9.95. The minimum absolute atomic E-state index is 0. The summed E-state index contributed by atoms with van der Waals surface area (Å²) in [5.41, 5.74) is 17.4. The fourth-order valence-electron chi connectivity index (χ4n) is 10.2. The molecule has 2 heterocycles. The van der Waals surface area contributed by atoms with Crippen molar-refractivity contribution in [3.05, 3.63) is 180 Å². The Balaban J connectivity index is 0.000000206. The third-order valence-electron chi connectivity index (χ3n) is 13.7. The molecule has 0 bridgehead atoms. The predicted octanol–water partition coefficient (Wildman–Crippen LogP) is 15.9. The number of benzene rings is 6. The second kappa shape index (κ2) is 19.6. The van der Waals surface area contributed by atoms with Crippen molar-refractivity contribution in [2.75, 3.05) is 0 Å². The maximum Gasteiger partial charge on any atom is 0.0798 e. The standard InChI is InChI=1S/C40H37N2.C21H28NSi.Ir/c1-25(2)30-15-12-16-31(26(3)4)38(30)42-37-18-11-10-17-36(37)41-39(42)29-20-22-35-33(24-29)32-23-28(27-13-8-7-9-14-27)19-21-34(32)40(35,5)6;1-23(2,3)21-16-22-20(18-12-8-5-9-13-18)15-19(21)14-17-10-6-4-7-11-17;/h7-19,21-26H,1-6H3;5,8-9,12,15-17H,4,6-7,10-11,14H2,1-3H3;/q2*-1;/i;14D2;. The maximum absolute atomic E-state index is 8.99. The molecular weight excluding hydrogens is 995 g/mol. The van der Waals surface area contributed by atoms with E-state index in [9.17, 15) is 0 Å². The van der Waals surface area contributed by atoms with E-state index in [0.717, 1.165) is 70.1 Å². The largest absolute Gasteiger partial charge is 0.333 e. The predicted molar refractivity (Wildman–Crippen MR) is 278 cm³/mol. The van der Waals surface area contributed by atoms with Gasteiger partial charge in [0.05, 0.1) is 24.9 Å². The zero-order valence-corrected chi connectivity index (χ0v) is 43.6. The van der Waals surface area contributed by atoms with E-state index in [0.29, 0.717) is 11.8 Å². The number of hydrogen-bond acceptors (Lipinski definition) is 2. The van der Waals surface area contributed by atoms with Crippen molar-refractivity contribution in [2.24, 2.45) is 5.92 Å². The van der Waals surface area contributed by atoms with Crippen LogP contribution in [0.5, 0.6) is 0 Å². The summed E-state index contributed by atoms with van der Waals surface area (Å²) < 4.78 is 20.4. The Hall–Kier alpha value is -5.19. The molecule has 66 heavy (non-hydrogen) atoms. The van der Waals surface area contributed by atoms with Crippen LogP contribution in [0.25, 0.3) is 61.6 Å². The van der Waals surface area contributed by atoms with Gasteiger partial charge in [0.15, 0.2) is 0 Å². The normalized spacial score (nSPS) is 15.1. The third kappa shape index (κ3) is 9.37. The molecule has 0 saturated heterocycles. The van der Waals surface area contributed by atoms with Gasteiger partial charge in [0, 0.05) is 34.7 Å². The van der Waals surface area contributed by atoms with Crippen molar-refractivity contribution < 1.29 is 22.8 Å². The third-order valence-corrected chi connectivity index (χ3v) is 15.8. The molecule has 3 nitrogen and oxygen atoms in total. The van der Waals surface area contributed by atoms with Gasteiger partial charge < -0.3 is 9.55 Å². The summed E-state index contributed by atoms with van der Waals surface area (Å²) in [6.45, 7) is 20.6. The van der Waals surface area contributed by atoms with Crippen LogP contribution in [0.2, 0.25) is 19.6 Å². The zero-order valence-electron chi connectivity index (χ0n) is 42.2. The Morgan fingerprint density at radius 2 is 1.39 bits per heavy atom.